The molecule has 0 aromatic heterocycles. The van der Waals surface area contributed by atoms with Crippen LogP contribution in [0, 0.1) is 0 Å². The molecule has 0 unspecified atom stereocenters. The van der Waals surface area contributed by atoms with Crippen LogP contribution in [0.2, 0.25) is 0 Å². The van der Waals surface area contributed by atoms with Crippen LogP contribution in [-0.2, 0) is 6.18 Å². The second kappa shape index (κ2) is 11.4. The van der Waals surface area contributed by atoms with Gasteiger partial charge in [0.15, 0.2) is 0 Å². The zero-order valence-corrected chi connectivity index (χ0v) is 15.1. The first-order valence-corrected chi connectivity index (χ1v) is 8.91. The number of nitrogens with two attached hydrogens (primary N) is 2. The lowest BCUT2D eigenvalue weighted by Crippen LogP contribution is -2.26. The quantitative estimate of drug-likeness (QED) is 0.339. The van der Waals surface area contributed by atoms with Gasteiger partial charge in [-0.3, -0.25) is 4.99 Å². The number of nitrogens with zero attached hydrogens (tertiary/aromatic N) is 2. The van der Waals surface area contributed by atoms with Gasteiger partial charge in [0.2, 0.25) is 11.9 Å². The maximum absolute atomic E-state index is 12.5. The third-order valence-corrected chi connectivity index (χ3v) is 3.76. The molecule has 5 N–H and O–H groups in total. The average Bonchev–Trinajstić information content (AvgIpc) is 2.56. The number of nitrogens with one attached hydrogen (secondary N) is 1. The summed E-state index contributed by atoms with van der Waals surface area (Å²) in [6.07, 6.45) is 3.90. The van der Waals surface area contributed by atoms with Gasteiger partial charge in [0.05, 0.1) is 5.56 Å². The molecule has 1 aromatic carbocycles. The van der Waals surface area contributed by atoms with Gasteiger partial charge < -0.3 is 16.8 Å². The van der Waals surface area contributed by atoms with E-state index in [1.165, 1.54) is 44.2 Å². The van der Waals surface area contributed by atoms with E-state index in [-0.39, 0.29) is 11.9 Å². The van der Waals surface area contributed by atoms with Crippen molar-refractivity contribution < 1.29 is 13.2 Å². The molecule has 0 atom stereocenters. The lowest BCUT2D eigenvalue weighted by atomic mass is 10.1. The van der Waals surface area contributed by atoms with Crippen molar-refractivity contribution in [2.24, 2.45) is 21.5 Å². The first-order chi connectivity index (χ1) is 12.3. The zero-order chi connectivity index (χ0) is 19.4. The summed E-state index contributed by atoms with van der Waals surface area (Å²) in [7, 11) is 0. The molecule has 146 valence electrons. The highest BCUT2D eigenvalue weighted by Gasteiger charge is 2.29. The van der Waals surface area contributed by atoms with Crippen LogP contribution >= 0.6 is 0 Å². The molecule has 5 nitrogen and oxygen atoms in total. The molecule has 1 aromatic rings. The molecule has 0 amide bonds. The highest BCUT2D eigenvalue weighted by Crippen LogP contribution is 2.29. The predicted octanol–water partition coefficient (Wildman–Crippen LogP) is 4.50. The standard InChI is InChI=1S/C18H28F3N5/c1-2-3-4-5-6-7-8-13-24-16(22)26-17(23)25-15-11-9-14(10-12-15)18(19,20)21/h9-12H,2-8,13H2,1H3,(H5,22,23,24,25,26). The molecular formula is C18H28F3N5. The lowest BCUT2D eigenvalue weighted by Gasteiger charge is -2.09. The van der Waals surface area contributed by atoms with Crippen LogP contribution in [0.5, 0.6) is 0 Å². The van der Waals surface area contributed by atoms with Crippen LogP contribution < -0.4 is 16.8 Å². The van der Waals surface area contributed by atoms with Crippen molar-refractivity contribution in [2.45, 2.75) is 58.0 Å². The smallest absolute Gasteiger partial charge is 0.369 e. The number of hydrogen-bond acceptors (Lipinski definition) is 1. The summed E-state index contributed by atoms with van der Waals surface area (Å²) < 4.78 is 37.5. The monoisotopic (exact) mass is 371 g/mol. The molecule has 0 aliphatic heterocycles. The number of benzene rings is 1. The van der Waals surface area contributed by atoms with Gasteiger partial charge in [-0.15, -0.1) is 0 Å². The van der Waals surface area contributed by atoms with Gasteiger partial charge in [-0.25, -0.2) is 0 Å². The van der Waals surface area contributed by atoms with Gasteiger partial charge in [0.25, 0.3) is 0 Å². The van der Waals surface area contributed by atoms with E-state index in [1.807, 2.05) is 0 Å². The zero-order valence-electron chi connectivity index (χ0n) is 15.1. The number of anilines is 1. The maximum Gasteiger partial charge on any atom is 0.416 e. The fourth-order valence-electron chi connectivity index (χ4n) is 2.34. The van der Waals surface area contributed by atoms with Crippen LogP contribution in [0.1, 0.15) is 57.4 Å². The van der Waals surface area contributed by atoms with Crippen LogP contribution in [0.3, 0.4) is 0 Å². The first-order valence-electron chi connectivity index (χ1n) is 8.91. The Kier molecular flexibility index (Phi) is 9.54. The van der Waals surface area contributed by atoms with Crippen molar-refractivity contribution in [3.8, 4) is 0 Å². The number of hydrogen-bond donors (Lipinski definition) is 3. The second-order valence-electron chi connectivity index (χ2n) is 6.06. The third-order valence-electron chi connectivity index (χ3n) is 3.76. The molecule has 0 aliphatic carbocycles. The minimum absolute atomic E-state index is 0.0226. The number of alkyl halides is 3. The summed E-state index contributed by atoms with van der Waals surface area (Å²) in [6.45, 7) is 2.77. The molecule has 26 heavy (non-hydrogen) atoms. The van der Waals surface area contributed by atoms with E-state index >= 15 is 0 Å². The summed E-state index contributed by atoms with van der Waals surface area (Å²) in [5.41, 5.74) is 11.0. The molecule has 8 heteroatoms. The van der Waals surface area contributed by atoms with Crippen molar-refractivity contribution in [2.75, 3.05) is 11.9 Å². The molecule has 1 rings (SSSR count). The molecule has 0 fully saturated rings. The van der Waals surface area contributed by atoms with Gasteiger partial charge in [-0.2, -0.15) is 18.2 Å². The number of halogens is 3. The van der Waals surface area contributed by atoms with Gasteiger partial charge >= 0.3 is 6.18 Å². The molecule has 0 bridgehead atoms. The van der Waals surface area contributed by atoms with Gasteiger partial charge in [0.1, 0.15) is 0 Å². The topological polar surface area (TPSA) is 88.8 Å². The van der Waals surface area contributed by atoms with Crippen molar-refractivity contribution >= 4 is 17.6 Å². The van der Waals surface area contributed by atoms with Gasteiger partial charge in [-0.05, 0) is 30.7 Å². The Bertz CT molecular complexity index is 579. The molecule has 0 saturated carbocycles. The highest BCUT2D eigenvalue weighted by atomic mass is 19.4. The summed E-state index contributed by atoms with van der Waals surface area (Å²) in [4.78, 5) is 8.01. The van der Waals surface area contributed by atoms with E-state index in [4.69, 9.17) is 11.5 Å². The molecule has 0 heterocycles. The van der Waals surface area contributed by atoms with E-state index in [0.29, 0.717) is 12.2 Å². The second-order valence-corrected chi connectivity index (χ2v) is 6.06. The van der Waals surface area contributed by atoms with Crippen molar-refractivity contribution in [3.63, 3.8) is 0 Å². The maximum atomic E-state index is 12.5. The SMILES string of the molecule is CCCCCCCCCN=C(N)N=C(N)Nc1ccc(C(F)(F)F)cc1. The number of guanidine groups is 2. The van der Waals surface area contributed by atoms with E-state index in [9.17, 15) is 13.2 Å². The fraction of sp³-hybridized carbons (Fsp3) is 0.556. The molecule has 0 aliphatic rings. The van der Waals surface area contributed by atoms with E-state index in [1.54, 1.807) is 0 Å². The minimum atomic E-state index is -4.37. The third kappa shape index (κ3) is 9.29. The molecule has 0 radical (unpaired) electrons. The van der Waals surface area contributed by atoms with Crippen molar-refractivity contribution in [1.29, 1.82) is 0 Å². The Balaban J connectivity index is 2.36. The first kappa shape index (κ1) is 21.8. The lowest BCUT2D eigenvalue weighted by molar-refractivity contribution is -0.137. The van der Waals surface area contributed by atoms with Crippen molar-refractivity contribution in [3.05, 3.63) is 29.8 Å². The molecular weight excluding hydrogens is 343 g/mol. The molecule has 0 spiro atoms. The van der Waals surface area contributed by atoms with Crippen LogP contribution in [0.15, 0.2) is 34.3 Å². The Morgan fingerprint density at radius 2 is 1.54 bits per heavy atom. The fourth-order valence-corrected chi connectivity index (χ4v) is 2.34. The summed E-state index contributed by atoms with van der Waals surface area (Å²) in [6, 6.07) is 4.48. The van der Waals surface area contributed by atoms with E-state index < -0.39 is 11.7 Å². The highest BCUT2D eigenvalue weighted by molar-refractivity contribution is 6.00. The number of rotatable bonds is 9. The Hall–Kier alpha value is -2.25. The molecule has 0 saturated heterocycles. The number of unbranched alkanes of at least 4 members (excludes halogenated alkanes) is 6. The van der Waals surface area contributed by atoms with Crippen LogP contribution in [0.25, 0.3) is 0 Å². The normalized spacial score (nSPS) is 13.1. The van der Waals surface area contributed by atoms with Crippen LogP contribution in [0.4, 0.5) is 18.9 Å². The summed E-state index contributed by atoms with van der Waals surface area (Å²) >= 11 is 0. The van der Waals surface area contributed by atoms with E-state index in [0.717, 1.165) is 25.0 Å². The summed E-state index contributed by atoms with van der Waals surface area (Å²) in [5.74, 6) is 0.0264. The Labute approximate surface area is 152 Å². The number of aliphatic imine (C=N–C) groups is 2. The van der Waals surface area contributed by atoms with Crippen molar-refractivity contribution in [1.82, 2.24) is 0 Å². The van der Waals surface area contributed by atoms with E-state index in [2.05, 4.69) is 22.2 Å². The minimum Gasteiger partial charge on any atom is -0.369 e. The van der Waals surface area contributed by atoms with Crippen LogP contribution in [-0.4, -0.2) is 18.5 Å². The Morgan fingerprint density at radius 3 is 2.12 bits per heavy atom. The Morgan fingerprint density at radius 1 is 0.962 bits per heavy atom. The average molecular weight is 371 g/mol. The van der Waals surface area contributed by atoms with Gasteiger partial charge in [-0.1, -0.05) is 45.4 Å². The summed E-state index contributed by atoms with van der Waals surface area (Å²) in [5, 5.41) is 2.68. The predicted molar refractivity (Wildman–Crippen MR) is 101 cm³/mol. The largest absolute Gasteiger partial charge is 0.416 e. The van der Waals surface area contributed by atoms with Gasteiger partial charge in [0, 0.05) is 12.2 Å².